The molecule has 0 atom stereocenters. The quantitative estimate of drug-likeness (QED) is 0.474. The fourth-order valence-corrected chi connectivity index (χ4v) is 2.79. The molecule has 7 heteroatoms. The summed E-state index contributed by atoms with van der Waals surface area (Å²) < 4.78 is 20.9. The van der Waals surface area contributed by atoms with Gasteiger partial charge in [-0.15, -0.1) is 0 Å². The molecule has 2 heterocycles. The molecule has 0 N–H and O–H groups in total. The van der Waals surface area contributed by atoms with E-state index in [9.17, 15) is 4.39 Å². The Kier molecular flexibility index (Phi) is 4.66. The van der Waals surface area contributed by atoms with Gasteiger partial charge in [0.1, 0.15) is 18.3 Å². The summed E-state index contributed by atoms with van der Waals surface area (Å²) in [6.45, 7) is 7.75. The van der Waals surface area contributed by atoms with Crippen LogP contribution in [0, 0.1) is 17.1 Å². The highest BCUT2D eigenvalue weighted by Gasteiger charge is 2.15. The molecule has 2 aromatic rings. The maximum Gasteiger partial charge on any atom is 0.165 e. The van der Waals surface area contributed by atoms with Crippen molar-refractivity contribution in [2.45, 2.75) is 32.4 Å². The number of rotatable bonds is 5. The summed E-state index contributed by atoms with van der Waals surface area (Å²) in [5.74, 6) is -0.602. The molecule has 0 aliphatic carbocycles. The maximum absolute atomic E-state index is 13.6. The molecule has 0 aromatic carbocycles. The molecule has 2 aromatic heterocycles. The van der Waals surface area contributed by atoms with Gasteiger partial charge >= 0.3 is 0 Å². The first-order chi connectivity index (χ1) is 9.81. The minimum atomic E-state index is -1.14. The van der Waals surface area contributed by atoms with Crippen LogP contribution in [0.3, 0.4) is 0 Å². The van der Waals surface area contributed by atoms with Gasteiger partial charge in [0.25, 0.3) is 0 Å². The van der Waals surface area contributed by atoms with Crippen LogP contribution in [-0.4, -0.2) is 24.2 Å². The molecule has 0 saturated carbocycles. The van der Waals surface area contributed by atoms with E-state index in [1.54, 1.807) is 10.8 Å². The van der Waals surface area contributed by atoms with Crippen LogP contribution in [0.4, 0.5) is 4.39 Å². The van der Waals surface area contributed by atoms with E-state index in [1.165, 1.54) is 6.07 Å². The van der Waals surface area contributed by atoms with Gasteiger partial charge in [0.2, 0.25) is 0 Å². The minimum Gasteiger partial charge on any atom is -0.361 e. The number of halogens is 2. The van der Waals surface area contributed by atoms with Crippen molar-refractivity contribution in [1.29, 1.82) is 5.26 Å². The Labute approximate surface area is 129 Å². The molecular formula is C14H17ClFN3OSi. The Hall–Kier alpha value is -1.42. The SMILES string of the molecule is C[Si](C)(C)CCOCn1cc(C#N)c2nc(Cl)c(F)cc21. The predicted molar refractivity (Wildman–Crippen MR) is 83.5 cm³/mol. The average Bonchev–Trinajstić information content (AvgIpc) is 2.72. The molecule has 112 valence electrons. The lowest BCUT2D eigenvalue weighted by molar-refractivity contribution is 0.0902. The highest BCUT2D eigenvalue weighted by Crippen LogP contribution is 2.24. The molecule has 0 bridgehead atoms. The third-order valence-electron chi connectivity index (χ3n) is 3.11. The van der Waals surface area contributed by atoms with Crippen LogP contribution in [0.1, 0.15) is 5.56 Å². The topological polar surface area (TPSA) is 50.8 Å². The fourth-order valence-electron chi connectivity index (χ4n) is 1.89. The first-order valence-corrected chi connectivity index (χ1v) is 10.7. The van der Waals surface area contributed by atoms with E-state index in [0.29, 0.717) is 23.2 Å². The summed E-state index contributed by atoms with van der Waals surface area (Å²) in [4.78, 5) is 3.93. The highest BCUT2D eigenvalue weighted by molar-refractivity contribution is 6.76. The Morgan fingerprint density at radius 3 is 2.81 bits per heavy atom. The van der Waals surface area contributed by atoms with Crippen molar-refractivity contribution in [2.75, 3.05) is 6.61 Å². The molecule has 0 amide bonds. The van der Waals surface area contributed by atoms with E-state index in [2.05, 4.69) is 24.6 Å². The molecule has 0 radical (unpaired) electrons. The van der Waals surface area contributed by atoms with Crippen molar-refractivity contribution in [3.63, 3.8) is 0 Å². The molecule has 2 rings (SSSR count). The van der Waals surface area contributed by atoms with Crippen molar-refractivity contribution in [1.82, 2.24) is 9.55 Å². The number of ether oxygens (including phenoxy) is 1. The van der Waals surface area contributed by atoms with Crippen molar-refractivity contribution in [3.8, 4) is 6.07 Å². The molecule has 0 aliphatic rings. The van der Waals surface area contributed by atoms with Crippen LogP contribution < -0.4 is 0 Å². The van der Waals surface area contributed by atoms with Crippen molar-refractivity contribution in [2.24, 2.45) is 0 Å². The summed E-state index contributed by atoms with van der Waals surface area (Å²) in [7, 11) is -1.14. The number of fused-ring (bicyclic) bond motifs is 1. The van der Waals surface area contributed by atoms with Gasteiger partial charge in [0.05, 0.1) is 11.1 Å². The van der Waals surface area contributed by atoms with Gasteiger partial charge in [0, 0.05) is 26.9 Å². The van der Waals surface area contributed by atoms with Crippen LogP contribution in [0.2, 0.25) is 30.8 Å². The first-order valence-electron chi connectivity index (χ1n) is 6.64. The van der Waals surface area contributed by atoms with Gasteiger partial charge in [-0.3, -0.25) is 0 Å². The Bertz CT molecular complexity index is 703. The normalized spacial score (nSPS) is 11.8. The van der Waals surface area contributed by atoms with Gasteiger partial charge in [0.15, 0.2) is 11.0 Å². The molecule has 0 fully saturated rings. The minimum absolute atomic E-state index is 0.226. The van der Waals surface area contributed by atoms with Crippen molar-refractivity contribution < 1.29 is 9.13 Å². The standard InChI is InChI=1S/C14H17ClFN3OSi/c1-21(2,3)5-4-20-9-19-8-10(7-17)13-12(19)6-11(16)14(15)18-13/h6,8H,4-5,9H2,1-3H3. The zero-order valence-corrected chi connectivity index (χ0v) is 14.0. The maximum atomic E-state index is 13.6. The number of nitriles is 1. The summed E-state index contributed by atoms with van der Waals surface area (Å²) >= 11 is 5.67. The van der Waals surface area contributed by atoms with E-state index in [-0.39, 0.29) is 11.9 Å². The Morgan fingerprint density at radius 2 is 2.19 bits per heavy atom. The first kappa shape index (κ1) is 16.0. The summed E-state index contributed by atoms with van der Waals surface area (Å²) in [5.41, 5.74) is 1.28. The molecule has 21 heavy (non-hydrogen) atoms. The van der Waals surface area contributed by atoms with Crippen LogP contribution in [0.15, 0.2) is 12.3 Å². The van der Waals surface area contributed by atoms with E-state index in [0.717, 1.165) is 6.04 Å². The Morgan fingerprint density at radius 1 is 1.48 bits per heavy atom. The van der Waals surface area contributed by atoms with Crippen LogP contribution in [0.25, 0.3) is 11.0 Å². The van der Waals surface area contributed by atoms with Gasteiger partial charge in [-0.1, -0.05) is 31.2 Å². The zero-order valence-electron chi connectivity index (χ0n) is 12.3. The molecule has 0 aliphatic heterocycles. The Balaban J connectivity index is 2.20. The second kappa shape index (κ2) is 6.14. The lowest BCUT2D eigenvalue weighted by Gasteiger charge is -2.15. The highest BCUT2D eigenvalue weighted by atomic mass is 35.5. The van der Waals surface area contributed by atoms with Gasteiger partial charge < -0.3 is 9.30 Å². The van der Waals surface area contributed by atoms with Crippen LogP contribution in [0.5, 0.6) is 0 Å². The molecule has 0 unspecified atom stereocenters. The largest absolute Gasteiger partial charge is 0.361 e. The molecule has 4 nitrogen and oxygen atoms in total. The fraction of sp³-hybridized carbons (Fsp3) is 0.429. The van der Waals surface area contributed by atoms with Crippen LogP contribution in [-0.2, 0) is 11.5 Å². The number of hydrogen-bond acceptors (Lipinski definition) is 3. The smallest absolute Gasteiger partial charge is 0.165 e. The number of hydrogen-bond donors (Lipinski definition) is 0. The van der Waals surface area contributed by atoms with Gasteiger partial charge in [-0.25, -0.2) is 9.37 Å². The molecular weight excluding hydrogens is 309 g/mol. The van der Waals surface area contributed by atoms with Gasteiger partial charge in [-0.05, 0) is 6.04 Å². The molecule has 0 spiro atoms. The zero-order chi connectivity index (χ0) is 15.6. The van der Waals surface area contributed by atoms with Crippen molar-refractivity contribution >= 4 is 30.7 Å². The van der Waals surface area contributed by atoms with E-state index >= 15 is 0 Å². The van der Waals surface area contributed by atoms with Crippen molar-refractivity contribution in [3.05, 3.63) is 28.8 Å². The summed E-state index contributed by atoms with van der Waals surface area (Å²) in [6, 6.07) is 4.38. The van der Waals surface area contributed by atoms with Crippen LogP contribution >= 0.6 is 11.6 Å². The van der Waals surface area contributed by atoms with E-state index in [1.807, 2.05) is 6.07 Å². The predicted octanol–water partition coefficient (Wildman–Crippen LogP) is 4.01. The summed E-state index contributed by atoms with van der Waals surface area (Å²) in [5, 5.41) is 8.89. The van der Waals surface area contributed by atoms with E-state index in [4.69, 9.17) is 21.6 Å². The number of pyridine rings is 1. The second-order valence-electron chi connectivity index (χ2n) is 6.10. The van der Waals surface area contributed by atoms with Gasteiger partial charge in [-0.2, -0.15) is 5.26 Å². The third-order valence-corrected chi connectivity index (χ3v) is 5.08. The average molecular weight is 326 g/mol. The third kappa shape index (κ3) is 3.82. The lowest BCUT2D eigenvalue weighted by Crippen LogP contribution is -2.21. The lowest BCUT2D eigenvalue weighted by atomic mass is 10.3. The molecule has 0 saturated heterocycles. The second-order valence-corrected chi connectivity index (χ2v) is 12.1. The van der Waals surface area contributed by atoms with E-state index < -0.39 is 13.9 Å². The number of nitrogens with zero attached hydrogens (tertiary/aromatic N) is 3. The summed E-state index contributed by atoms with van der Waals surface area (Å²) in [6.07, 6.45) is 1.61. The monoisotopic (exact) mass is 325 g/mol. The number of aromatic nitrogens is 2.